The fourth-order valence-electron chi connectivity index (χ4n) is 1.68. The van der Waals surface area contributed by atoms with Crippen LogP contribution in [0.5, 0.6) is 0 Å². The summed E-state index contributed by atoms with van der Waals surface area (Å²) in [6.45, 7) is 5.94. The first-order valence-electron chi connectivity index (χ1n) is 5.90. The number of carbonyl (C=O) groups excluding carboxylic acids is 1. The van der Waals surface area contributed by atoms with Crippen LogP contribution in [0, 0.1) is 17.5 Å². The lowest BCUT2D eigenvalue weighted by Gasteiger charge is -2.17. The zero-order valence-corrected chi connectivity index (χ0v) is 10.5. The standard InChI is InChI=1S/C13H16F3NO/c1-3-17(4-2)8-7-11(18)9-5-6-10(14)13(16)12(9)15/h5-6H,3-4,7-8H2,1-2H3. The van der Waals surface area contributed by atoms with Crippen molar-refractivity contribution in [1.29, 1.82) is 0 Å². The minimum absolute atomic E-state index is 0.0870. The summed E-state index contributed by atoms with van der Waals surface area (Å²) in [5.74, 6) is -4.80. The van der Waals surface area contributed by atoms with Gasteiger partial charge in [0.25, 0.3) is 0 Å². The number of carbonyl (C=O) groups is 1. The van der Waals surface area contributed by atoms with E-state index >= 15 is 0 Å². The van der Waals surface area contributed by atoms with Gasteiger partial charge in [0.2, 0.25) is 0 Å². The van der Waals surface area contributed by atoms with Gasteiger partial charge in [-0.25, -0.2) is 13.2 Å². The normalized spacial score (nSPS) is 11.0. The zero-order valence-electron chi connectivity index (χ0n) is 10.5. The van der Waals surface area contributed by atoms with Crippen LogP contribution in [0.25, 0.3) is 0 Å². The van der Waals surface area contributed by atoms with Gasteiger partial charge in [-0.15, -0.1) is 0 Å². The van der Waals surface area contributed by atoms with E-state index in [1.165, 1.54) is 0 Å². The monoisotopic (exact) mass is 259 g/mol. The fourth-order valence-corrected chi connectivity index (χ4v) is 1.68. The van der Waals surface area contributed by atoms with Crippen molar-refractivity contribution >= 4 is 5.78 Å². The fraction of sp³-hybridized carbons (Fsp3) is 0.462. The molecule has 2 nitrogen and oxygen atoms in total. The van der Waals surface area contributed by atoms with Gasteiger partial charge >= 0.3 is 0 Å². The Balaban J connectivity index is 2.76. The van der Waals surface area contributed by atoms with Gasteiger partial charge < -0.3 is 4.90 Å². The molecule has 5 heteroatoms. The molecule has 100 valence electrons. The third-order valence-electron chi connectivity index (χ3n) is 2.89. The van der Waals surface area contributed by atoms with Crippen LogP contribution in [0.2, 0.25) is 0 Å². The molecule has 0 radical (unpaired) electrons. The highest BCUT2D eigenvalue weighted by Crippen LogP contribution is 2.16. The molecule has 0 saturated heterocycles. The van der Waals surface area contributed by atoms with Crippen molar-refractivity contribution in [2.45, 2.75) is 20.3 Å². The lowest BCUT2D eigenvalue weighted by molar-refractivity contribution is 0.0961. The van der Waals surface area contributed by atoms with Crippen molar-refractivity contribution in [2.75, 3.05) is 19.6 Å². The number of hydrogen-bond acceptors (Lipinski definition) is 2. The van der Waals surface area contributed by atoms with Gasteiger partial charge in [0, 0.05) is 13.0 Å². The molecule has 0 saturated carbocycles. The first-order valence-corrected chi connectivity index (χ1v) is 5.90. The van der Waals surface area contributed by atoms with Crippen LogP contribution in [0.1, 0.15) is 30.6 Å². The minimum Gasteiger partial charge on any atom is -0.303 e. The average molecular weight is 259 g/mol. The Labute approximate surface area is 104 Å². The summed E-state index contributed by atoms with van der Waals surface area (Å²) in [6.07, 6.45) is 0.0870. The molecule has 0 atom stereocenters. The summed E-state index contributed by atoms with van der Waals surface area (Å²) in [6, 6.07) is 1.75. The van der Waals surface area contributed by atoms with Crippen LogP contribution in [-0.2, 0) is 0 Å². The highest BCUT2D eigenvalue weighted by molar-refractivity contribution is 5.96. The number of hydrogen-bond donors (Lipinski definition) is 0. The van der Waals surface area contributed by atoms with Crippen LogP contribution in [0.3, 0.4) is 0 Å². The molecule has 1 aromatic rings. The third kappa shape index (κ3) is 3.32. The number of nitrogens with zero attached hydrogens (tertiary/aromatic N) is 1. The Kier molecular flexibility index (Phi) is 5.34. The summed E-state index contributed by atoms with van der Waals surface area (Å²) in [5, 5.41) is 0. The Morgan fingerprint density at radius 2 is 1.72 bits per heavy atom. The Bertz CT molecular complexity index is 430. The van der Waals surface area contributed by atoms with E-state index in [-0.39, 0.29) is 12.0 Å². The van der Waals surface area contributed by atoms with Gasteiger partial charge in [-0.3, -0.25) is 4.79 Å². The largest absolute Gasteiger partial charge is 0.303 e. The Morgan fingerprint density at radius 3 is 2.28 bits per heavy atom. The van der Waals surface area contributed by atoms with Gasteiger partial charge in [-0.1, -0.05) is 13.8 Å². The first-order chi connectivity index (χ1) is 8.51. The summed E-state index contributed by atoms with van der Waals surface area (Å²) in [5.41, 5.74) is -0.388. The topological polar surface area (TPSA) is 20.3 Å². The van der Waals surface area contributed by atoms with Crippen molar-refractivity contribution < 1.29 is 18.0 Å². The van der Waals surface area contributed by atoms with Gasteiger partial charge in [-0.2, -0.15) is 0 Å². The van der Waals surface area contributed by atoms with E-state index in [0.717, 1.165) is 25.2 Å². The van der Waals surface area contributed by atoms with Gasteiger partial charge in [-0.05, 0) is 25.2 Å². The number of Topliss-reactive ketones (excluding diaryl/α,β-unsaturated/α-hetero) is 1. The highest BCUT2D eigenvalue weighted by Gasteiger charge is 2.18. The zero-order chi connectivity index (χ0) is 13.7. The van der Waals surface area contributed by atoms with E-state index in [1.54, 1.807) is 0 Å². The molecule has 0 amide bonds. The third-order valence-corrected chi connectivity index (χ3v) is 2.89. The molecule has 1 rings (SSSR count). The molecule has 0 aliphatic rings. The van der Waals surface area contributed by atoms with Crippen LogP contribution < -0.4 is 0 Å². The maximum Gasteiger partial charge on any atom is 0.195 e. The molecule has 0 heterocycles. The van der Waals surface area contributed by atoms with Crippen molar-refractivity contribution in [2.24, 2.45) is 0 Å². The molecule has 0 aromatic heterocycles. The van der Waals surface area contributed by atoms with Crippen molar-refractivity contribution in [3.8, 4) is 0 Å². The van der Waals surface area contributed by atoms with E-state index in [9.17, 15) is 18.0 Å². The van der Waals surface area contributed by atoms with Crippen LogP contribution >= 0.6 is 0 Å². The first kappa shape index (κ1) is 14.7. The van der Waals surface area contributed by atoms with Crippen molar-refractivity contribution in [1.82, 2.24) is 4.90 Å². The molecule has 18 heavy (non-hydrogen) atoms. The molecule has 0 aliphatic heterocycles. The van der Waals surface area contributed by atoms with Crippen LogP contribution in [0.4, 0.5) is 13.2 Å². The van der Waals surface area contributed by atoms with Crippen molar-refractivity contribution in [3.05, 3.63) is 35.1 Å². The maximum absolute atomic E-state index is 13.4. The predicted molar refractivity (Wildman–Crippen MR) is 63.1 cm³/mol. The lowest BCUT2D eigenvalue weighted by Crippen LogP contribution is -2.26. The second kappa shape index (κ2) is 6.54. The van der Waals surface area contributed by atoms with E-state index in [2.05, 4.69) is 0 Å². The number of halogens is 3. The molecule has 0 aliphatic carbocycles. The van der Waals surface area contributed by atoms with E-state index in [0.29, 0.717) is 6.54 Å². The van der Waals surface area contributed by atoms with Gasteiger partial charge in [0.05, 0.1) is 5.56 Å². The number of ketones is 1. The van der Waals surface area contributed by atoms with E-state index in [1.807, 2.05) is 18.7 Å². The summed E-state index contributed by atoms with van der Waals surface area (Å²) in [7, 11) is 0. The van der Waals surface area contributed by atoms with E-state index in [4.69, 9.17) is 0 Å². The minimum atomic E-state index is -1.59. The summed E-state index contributed by atoms with van der Waals surface area (Å²) < 4.78 is 39.0. The quantitative estimate of drug-likeness (QED) is 0.578. The molecule has 0 unspecified atom stereocenters. The second-order valence-corrected chi connectivity index (χ2v) is 3.92. The van der Waals surface area contributed by atoms with Crippen LogP contribution in [0.15, 0.2) is 12.1 Å². The number of benzene rings is 1. The second-order valence-electron chi connectivity index (χ2n) is 3.92. The smallest absolute Gasteiger partial charge is 0.195 e. The molecule has 0 N–H and O–H groups in total. The summed E-state index contributed by atoms with van der Waals surface area (Å²) in [4.78, 5) is 13.7. The SMILES string of the molecule is CCN(CC)CCC(=O)c1ccc(F)c(F)c1F. The molecular formula is C13H16F3NO. The Morgan fingerprint density at radius 1 is 1.11 bits per heavy atom. The lowest BCUT2D eigenvalue weighted by atomic mass is 10.1. The summed E-state index contributed by atoms with van der Waals surface area (Å²) >= 11 is 0. The molecule has 0 fully saturated rings. The Hall–Kier alpha value is -1.36. The van der Waals surface area contributed by atoms with Gasteiger partial charge in [0.1, 0.15) is 0 Å². The number of rotatable bonds is 6. The average Bonchev–Trinajstić information content (AvgIpc) is 2.37. The van der Waals surface area contributed by atoms with Crippen molar-refractivity contribution in [3.63, 3.8) is 0 Å². The predicted octanol–water partition coefficient (Wildman–Crippen LogP) is 3.02. The molecule has 1 aromatic carbocycles. The maximum atomic E-state index is 13.4. The van der Waals surface area contributed by atoms with E-state index < -0.39 is 23.2 Å². The molecular weight excluding hydrogens is 243 g/mol. The van der Waals surface area contributed by atoms with Crippen LogP contribution in [-0.4, -0.2) is 30.3 Å². The molecule has 0 spiro atoms. The van der Waals surface area contributed by atoms with Gasteiger partial charge in [0.15, 0.2) is 23.2 Å². The molecule has 0 bridgehead atoms. The highest BCUT2D eigenvalue weighted by atomic mass is 19.2.